The molecule has 2 aliphatic rings. The zero-order valence-corrected chi connectivity index (χ0v) is 14.9. The van der Waals surface area contributed by atoms with Gasteiger partial charge in [0.1, 0.15) is 0 Å². The Kier molecular flexibility index (Phi) is 4.73. The molecule has 1 saturated heterocycles. The predicted molar refractivity (Wildman–Crippen MR) is 100 cm³/mol. The monoisotopic (exact) mass is 363 g/mol. The van der Waals surface area contributed by atoms with Crippen LogP contribution in [0.3, 0.4) is 0 Å². The third-order valence-corrected chi connectivity index (χ3v) is 5.08. The van der Waals surface area contributed by atoms with E-state index in [1.807, 2.05) is 6.07 Å². The number of hydrogen-bond donors (Lipinski definition) is 2. The first kappa shape index (κ1) is 17.4. The highest BCUT2D eigenvalue weighted by atomic mass is 16.2. The predicted octanol–water partition coefficient (Wildman–Crippen LogP) is 1.96. The Morgan fingerprint density at radius 1 is 1.07 bits per heavy atom. The lowest BCUT2D eigenvalue weighted by Crippen LogP contribution is -2.37. The van der Waals surface area contributed by atoms with Gasteiger partial charge in [0, 0.05) is 18.2 Å². The van der Waals surface area contributed by atoms with Crippen LogP contribution in [-0.2, 0) is 6.54 Å². The summed E-state index contributed by atoms with van der Waals surface area (Å²) in [7, 11) is 0. The number of amides is 3. The summed E-state index contributed by atoms with van der Waals surface area (Å²) in [5.74, 6) is -0.733. The molecule has 2 aromatic carbocycles. The van der Waals surface area contributed by atoms with Gasteiger partial charge in [-0.3, -0.25) is 19.3 Å². The first-order valence-electron chi connectivity index (χ1n) is 9.19. The summed E-state index contributed by atoms with van der Waals surface area (Å²) in [5.41, 5.74) is 2.14. The normalized spacial score (nSPS) is 18.7. The number of nitrogens with one attached hydrogen (secondary N) is 2. The van der Waals surface area contributed by atoms with Gasteiger partial charge in [0.15, 0.2) is 0 Å². The smallest absolute Gasteiger partial charge is 0.261 e. The maximum absolute atomic E-state index is 12.5. The van der Waals surface area contributed by atoms with Gasteiger partial charge in [-0.05, 0) is 49.2 Å². The summed E-state index contributed by atoms with van der Waals surface area (Å²) >= 11 is 0. The molecule has 0 saturated carbocycles. The van der Waals surface area contributed by atoms with Crippen molar-refractivity contribution in [3.05, 3.63) is 70.8 Å². The fourth-order valence-corrected chi connectivity index (χ4v) is 3.63. The number of benzene rings is 2. The molecule has 4 rings (SSSR count). The maximum Gasteiger partial charge on any atom is 0.261 e. The van der Waals surface area contributed by atoms with Gasteiger partial charge in [-0.2, -0.15) is 0 Å². The lowest BCUT2D eigenvalue weighted by atomic mass is 10.1. The average molecular weight is 363 g/mol. The minimum Gasteiger partial charge on any atom is -0.350 e. The van der Waals surface area contributed by atoms with Crippen LogP contribution in [0.15, 0.2) is 48.5 Å². The van der Waals surface area contributed by atoms with Gasteiger partial charge in [0.25, 0.3) is 17.7 Å². The van der Waals surface area contributed by atoms with Crippen molar-refractivity contribution in [3.8, 4) is 0 Å². The third kappa shape index (κ3) is 3.48. The number of rotatable bonds is 5. The van der Waals surface area contributed by atoms with E-state index in [1.54, 1.807) is 42.5 Å². The van der Waals surface area contributed by atoms with Crippen molar-refractivity contribution in [2.45, 2.75) is 25.4 Å². The summed E-state index contributed by atoms with van der Waals surface area (Å²) in [6.45, 7) is 1.75. The highest BCUT2D eigenvalue weighted by molar-refractivity contribution is 6.21. The average Bonchev–Trinajstić information content (AvgIpc) is 3.30. The summed E-state index contributed by atoms with van der Waals surface area (Å²) in [6, 6.07) is 14.2. The van der Waals surface area contributed by atoms with Crippen LogP contribution in [-0.4, -0.2) is 41.8 Å². The van der Waals surface area contributed by atoms with Gasteiger partial charge in [0.2, 0.25) is 0 Å². The van der Waals surface area contributed by atoms with Crippen molar-refractivity contribution in [1.82, 2.24) is 15.5 Å². The van der Waals surface area contributed by atoms with Crippen LogP contribution in [0.1, 0.15) is 49.5 Å². The van der Waals surface area contributed by atoms with Crippen molar-refractivity contribution < 1.29 is 14.4 Å². The molecule has 2 heterocycles. The van der Waals surface area contributed by atoms with Gasteiger partial charge in [0.05, 0.1) is 17.7 Å². The molecule has 2 N–H and O–H groups in total. The van der Waals surface area contributed by atoms with Crippen LogP contribution in [0.2, 0.25) is 0 Å². The molecule has 6 nitrogen and oxygen atoms in total. The van der Waals surface area contributed by atoms with Crippen molar-refractivity contribution in [2.24, 2.45) is 0 Å². The van der Waals surface area contributed by atoms with Crippen LogP contribution in [0, 0.1) is 0 Å². The number of carbonyl (C=O) groups is 3. The Balaban J connectivity index is 1.44. The van der Waals surface area contributed by atoms with Crippen molar-refractivity contribution >= 4 is 17.7 Å². The van der Waals surface area contributed by atoms with E-state index >= 15 is 0 Å². The first-order valence-corrected chi connectivity index (χ1v) is 9.19. The molecule has 138 valence electrons. The van der Waals surface area contributed by atoms with Gasteiger partial charge in [-0.15, -0.1) is 0 Å². The van der Waals surface area contributed by atoms with Crippen LogP contribution in [0.4, 0.5) is 0 Å². The summed E-state index contributed by atoms with van der Waals surface area (Å²) in [4.78, 5) is 38.6. The SMILES string of the molecule is O=C(NCC1CCCN1)c1cccc(CN2C(=O)c3ccccc3C2=O)c1. The molecule has 1 unspecified atom stereocenters. The molecule has 0 aromatic heterocycles. The number of fused-ring (bicyclic) bond motifs is 1. The highest BCUT2D eigenvalue weighted by Crippen LogP contribution is 2.24. The second-order valence-corrected chi connectivity index (χ2v) is 6.95. The van der Waals surface area contributed by atoms with Crippen LogP contribution < -0.4 is 10.6 Å². The lowest BCUT2D eigenvalue weighted by molar-refractivity contribution is 0.0642. The van der Waals surface area contributed by atoms with Crippen molar-refractivity contribution in [3.63, 3.8) is 0 Å². The van der Waals surface area contributed by atoms with E-state index in [9.17, 15) is 14.4 Å². The molecule has 6 heteroatoms. The molecular formula is C21H21N3O3. The Labute approximate surface area is 157 Å². The Morgan fingerprint density at radius 3 is 2.48 bits per heavy atom. The molecular weight excluding hydrogens is 342 g/mol. The zero-order valence-electron chi connectivity index (χ0n) is 14.9. The number of carbonyl (C=O) groups excluding carboxylic acids is 3. The molecule has 1 atom stereocenters. The van der Waals surface area contributed by atoms with E-state index in [0.717, 1.165) is 24.9 Å². The fraction of sp³-hybridized carbons (Fsp3) is 0.286. The molecule has 0 aliphatic carbocycles. The van der Waals surface area contributed by atoms with E-state index in [2.05, 4.69) is 10.6 Å². The standard InChI is InChI=1S/C21H21N3O3/c25-19(23-12-16-7-4-10-22-16)15-6-3-5-14(11-15)13-24-20(26)17-8-1-2-9-18(17)21(24)27/h1-3,5-6,8-9,11,16,22H,4,7,10,12-13H2,(H,23,25). The van der Waals surface area contributed by atoms with E-state index in [-0.39, 0.29) is 24.3 Å². The Hall–Kier alpha value is -2.99. The highest BCUT2D eigenvalue weighted by Gasteiger charge is 2.35. The Bertz CT molecular complexity index is 868. The van der Waals surface area contributed by atoms with Crippen LogP contribution >= 0.6 is 0 Å². The summed E-state index contributed by atoms with van der Waals surface area (Å²) in [6.07, 6.45) is 2.20. The molecule has 1 fully saturated rings. The lowest BCUT2D eigenvalue weighted by Gasteiger charge is -2.15. The number of hydrogen-bond acceptors (Lipinski definition) is 4. The third-order valence-electron chi connectivity index (χ3n) is 5.08. The van der Waals surface area contributed by atoms with E-state index in [4.69, 9.17) is 0 Å². The van der Waals surface area contributed by atoms with Crippen LogP contribution in [0.5, 0.6) is 0 Å². The summed E-state index contributed by atoms with van der Waals surface area (Å²) < 4.78 is 0. The second-order valence-electron chi connectivity index (χ2n) is 6.95. The number of nitrogens with zero attached hydrogens (tertiary/aromatic N) is 1. The molecule has 0 bridgehead atoms. The van der Waals surface area contributed by atoms with Gasteiger partial charge in [-0.25, -0.2) is 0 Å². The molecule has 2 aromatic rings. The molecule has 0 spiro atoms. The zero-order chi connectivity index (χ0) is 18.8. The first-order chi connectivity index (χ1) is 13.1. The minimum absolute atomic E-state index is 0.145. The van der Waals surface area contributed by atoms with Crippen LogP contribution in [0.25, 0.3) is 0 Å². The van der Waals surface area contributed by atoms with E-state index < -0.39 is 0 Å². The largest absolute Gasteiger partial charge is 0.350 e. The van der Waals surface area contributed by atoms with E-state index in [0.29, 0.717) is 29.3 Å². The van der Waals surface area contributed by atoms with Crippen molar-refractivity contribution in [2.75, 3.05) is 13.1 Å². The fourth-order valence-electron chi connectivity index (χ4n) is 3.63. The van der Waals surface area contributed by atoms with Crippen molar-refractivity contribution in [1.29, 1.82) is 0 Å². The second kappa shape index (κ2) is 7.32. The maximum atomic E-state index is 12.5. The number of imide groups is 1. The molecule has 2 aliphatic heterocycles. The quantitative estimate of drug-likeness (QED) is 0.796. The minimum atomic E-state index is -0.294. The summed E-state index contributed by atoms with van der Waals surface area (Å²) in [5, 5.41) is 6.29. The molecule has 27 heavy (non-hydrogen) atoms. The van der Waals surface area contributed by atoms with Gasteiger partial charge < -0.3 is 10.6 Å². The molecule has 3 amide bonds. The van der Waals surface area contributed by atoms with Gasteiger partial charge >= 0.3 is 0 Å². The van der Waals surface area contributed by atoms with E-state index in [1.165, 1.54) is 4.90 Å². The molecule has 0 radical (unpaired) electrons. The topological polar surface area (TPSA) is 78.5 Å². The Morgan fingerprint density at radius 2 is 1.81 bits per heavy atom. The van der Waals surface area contributed by atoms with Gasteiger partial charge in [-0.1, -0.05) is 24.3 Å².